The van der Waals surface area contributed by atoms with Crippen LogP contribution in [0.2, 0.25) is 0 Å². The summed E-state index contributed by atoms with van der Waals surface area (Å²) in [6.07, 6.45) is 1.94. The Kier molecular flexibility index (Phi) is 2.76. The number of Topliss-reactive ketones (excluding diaryl/α,β-unsaturated/α-hetero) is 1. The van der Waals surface area contributed by atoms with Crippen molar-refractivity contribution in [2.75, 3.05) is 13.1 Å². The molecule has 1 saturated heterocycles. The first-order valence-electron chi connectivity index (χ1n) is 4.62. The first kappa shape index (κ1) is 8.91. The second kappa shape index (κ2) is 4.03. The average Bonchev–Trinajstić information content (AvgIpc) is 2.61. The van der Waals surface area contributed by atoms with Gasteiger partial charge in [-0.25, -0.2) is 0 Å². The lowest BCUT2D eigenvalue weighted by atomic mass is 9.93. The van der Waals surface area contributed by atoms with Crippen molar-refractivity contribution in [3.63, 3.8) is 0 Å². The van der Waals surface area contributed by atoms with Gasteiger partial charge in [-0.05, 0) is 30.8 Å². The van der Waals surface area contributed by atoms with Gasteiger partial charge >= 0.3 is 0 Å². The van der Waals surface area contributed by atoms with Crippen LogP contribution < -0.4 is 5.32 Å². The fourth-order valence-electron chi connectivity index (χ4n) is 1.68. The third-order valence-electron chi connectivity index (χ3n) is 2.45. The van der Waals surface area contributed by atoms with E-state index in [2.05, 4.69) is 16.8 Å². The Morgan fingerprint density at radius 2 is 2.54 bits per heavy atom. The fraction of sp³-hybridized carbons (Fsp3) is 0.500. The van der Waals surface area contributed by atoms with E-state index in [9.17, 15) is 4.79 Å². The first-order valence-corrected chi connectivity index (χ1v) is 5.50. The van der Waals surface area contributed by atoms with Crippen molar-refractivity contribution in [2.45, 2.75) is 12.8 Å². The van der Waals surface area contributed by atoms with E-state index in [0.717, 1.165) is 19.4 Å². The monoisotopic (exact) mass is 195 g/mol. The van der Waals surface area contributed by atoms with Gasteiger partial charge in [0.2, 0.25) is 0 Å². The molecule has 0 saturated carbocycles. The average molecular weight is 195 g/mol. The molecule has 0 aliphatic carbocycles. The number of hydrogen-bond donors (Lipinski definition) is 1. The smallest absolute Gasteiger partial charge is 0.150 e. The Bertz CT molecular complexity index is 281. The molecule has 13 heavy (non-hydrogen) atoms. The Labute approximate surface area is 82.0 Å². The summed E-state index contributed by atoms with van der Waals surface area (Å²) in [5.74, 6) is 0.638. The van der Waals surface area contributed by atoms with E-state index < -0.39 is 0 Å². The van der Waals surface area contributed by atoms with Crippen LogP contribution in [0.1, 0.15) is 11.3 Å². The van der Waals surface area contributed by atoms with Crippen LogP contribution >= 0.6 is 11.3 Å². The van der Waals surface area contributed by atoms with Crippen LogP contribution in [0, 0.1) is 5.92 Å². The zero-order chi connectivity index (χ0) is 9.10. The van der Waals surface area contributed by atoms with Crippen LogP contribution in [0.15, 0.2) is 17.5 Å². The topological polar surface area (TPSA) is 29.1 Å². The summed E-state index contributed by atoms with van der Waals surface area (Å²) in [6.45, 7) is 1.55. The zero-order valence-electron chi connectivity index (χ0n) is 7.45. The molecule has 0 aromatic carbocycles. The second-order valence-corrected chi connectivity index (χ2v) is 4.44. The molecule has 2 heterocycles. The molecule has 3 heteroatoms. The molecule has 1 unspecified atom stereocenters. The first-order chi connectivity index (χ1) is 6.36. The zero-order valence-corrected chi connectivity index (χ0v) is 8.27. The maximum absolute atomic E-state index is 11.5. The summed E-state index contributed by atoms with van der Waals surface area (Å²) in [7, 11) is 0. The molecule has 1 fully saturated rings. The van der Waals surface area contributed by atoms with E-state index in [1.165, 1.54) is 4.88 Å². The highest BCUT2D eigenvalue weighted by molar-refractivity contribution is 7.09. The van der Waals surface area contributed by atoms with Gasteiger partial charge in [0.1, 0.15) is 5.78 Å². The van der Waals surface area contributed by atoms with Gasteiger partial charge in [0, 0.05) is 10.8 Å². The number of hydrogen-bond acceptors (Lipinski definition) is 3. The molecule has 1 aromatic rings. The molecule has 1 atom stereocenters. The van der Waals surface area contributed by atoms with E-state index in [0.29, 0.717) is 12.3 Å². The van der Waals surface area contributed by atoms with Gasteiger partial charge in [-0.3, -0.25) is 4.79 Å². The maximum atomic E-state index is 11.5. The second-order valence-electron chi connectivity index (χ2n) is 3.41. The van der Waals surface area contributed by atoms with Crippen molar-refractivity contribution in [1.29, 1.82) is 0 Å². The normalized spacial score (nSPS) is 23.4. The SMILES string of the molecule is O=C1CNCCC1Cc1cccs1. The molecule has 1 aliphatic heterocycles. The molecule has 1 N–H and O–H groups in total. The van der Waals surface area contributed by atoms with E-state index >= 15 is 0 Å². The lowest BCUT2D eigenvalue weighted by molar-refractivity contribution is -0.123. The van der Waals surface area contributed by atoms with Crippen molar-refractivity contribution >= 4 is 17.1 Å². The minimum Gasteiger partial charge on any atom is -0.310 e. The number of ketones is 1. The molecular weight excluding hydrogens is 182 g/mol. The summed E-state index contributed by atoms with van der Waals surface area (Å²) in [5, 5.41) is 5.17. The largest absolute Gasteiger partial charge is 0.310 e. The highest BCUT2D eigenvalue weighted by Crippen LogP contribution is 2.18. The molecule has 1 aliphatic rings. The Balaban J connectivity index is 1.97. The summed E-state index contributed by atoms with van der Waals surface area (Å²) in [5.41, 5.74) is 0. The summed E-state index contributed by atoms with van der Waals surface area (Å²) < 4.78 is 0. The van der Waals surface area contributed by atoms with Gasteiger partial charge in [-0.2, -0.15) is 0 Å². The van der Waals surface area contributed by atoms with Crippen molar-refractivity contribution < 1.29 is 4.79 Å². The minimum absolute atomic E-state index is 0.264. The highest BCUT2D eigenvalue weighted by Gasteiger charge is 2.21. The predicted molar refractivity (Wildman–Crippen MR) is 54.0 cm³/mol. The van der Waals surface area contributed by atoms with Crippen molar-refractivity contribution in [3.05, 3.63) is 22.4 Å². The van der Waals surface area contributed by atoms with Gasteiger partial charge in [0.15, 0.2) is 0 Å². The van der Waals surface area contributed by atoms with Crippen molar-refractivity contribution in [3.8, 4) is 0 Å². The summed E-state index contributed by atoms with van der Waals surface area (Å²) in [6, 6.07) is 4.16. The van der Waals surface area contributed by atoms with Crippen LogP contribution in [0.5, 0.6) is 0 Å². The standard InChI is InChI=1S/C10H13NOS/c12-10-7-11-4-3-8(10)6-9-2-1-5-13-9/h1-2,5,8,11H,3-4,6-7H2. The van der Waals surface area contributed by atoms with E-state index in [1.54, 1.807) is 11.3 Å². The molecular formula is C10H13NOS. The minimum atomic E-state index is 0.264. The van der Waals surface area contributed by atoms with Crippen LogP contribution in [0.3, 0.4) is 0 Å². The van der Waals surface area contributed by atoms with Crippen LogP contribution in [0.25, 0.3) is 0 Å². The van der Waals surface area contributed by atoms with Crippen LogP contribution in [-0.2, 0) is 11.2 Å². The maximum Gasteiger partial charge on any atom is 0.150 e. The summed E-state index contributed by atoms with van der Waals surface area (Å²) >= 11 is 1.75. The fourth-order valence-corrected chi connectivity index (χ4v) is 2.47. The molecule has 0 amide bonds. The van der Waals surface area contributed by atoms with Gasteiger partial charge in [0.25, 0.3) is 0 Å². The number of carbonyl (C=O) groups excluding carboxylic acids is 1. The van der Waals surface area contributed by atoms with Crippen LogP contribution in [0.4, 0.5) is 0 Å². The number of thiophene rings is 1. The van der Waals surface area contributed by atoms with Gasteiger partial charge in [-0.15, -0.1) is 11.3 Å². The van der Waals surface area contributed by atoms with Crippen LogP contribution in [-0.4, -0.2) is 18.9 Å². The van der Waals surface area contributed by atoms with E-state index in [-0.39, 0.29) is 5.92 Å². The van der Waals surface area contributed by atoms with Gasteiger partial charge < -0.3 is 5.32 Å². The lowest BCUT2D eigenvalue weighted by Crippen LogP contribution is -2.37. The van der Waals surface area contributed by atoms with Crippen molar-refractivity contribution in [1.82, 2.24) is 5.32 Å². The summed E-state index contributed by atoms with van der Waals surface area (Å²) in [4.78, 5) is 12.8. The third kappa shape index (κ3) is 2.17. The van der Waals surface area contributed by atoms with Gasteiger partial charge in [-0.1, -0.05) is 6.07 Å². The predicted octanol–water partition coefficient (Wildman–Crippen LogP) is 1.47. The number of rotatable bonds is 2. The number of piperidine rings is 1. The number of carbonyl (C=O) groups is 1. The Morgan fingerprint density at radius 1 is 1.62 bits per heavy atom. The Morgan fingerprint density at radius 3 is 3.23 bits per heavy atom. The van der Waals surface area contributed by atoms with Crippen molar-refractivity contribution in [2.24, 2.45) is 5.92 Å². The van der Waals surface area contributed by atoms with Gasteiger partial charge in [0.05, 0.1) is 6.54 Å². The molecule has 0 bridgehead atoms. The third-order valence-corrected chi connectivity index (χ3v) is 3.35. The number of nitrogens with one attached hydrogen (secondary N) is 1. The van der Waals surface area contributed by atoms with E-state index in [4.69, 9.17) is 0 Å². The quantitative estimate of drug-likeness (QED) is 0.774. The molecule has 1 aromatic heterocycles. The molecule has 2 nitrogen and oxygen atoms in total. The highest BCUT2D eigenvalue weighted by atomic mass is 32.1. The Hall–Kier alpha value is -0.670. The lowest BCUT2D eigenvalue weighted by Gasteiger charge is -2.20. The molecule has 70 valence electrons. The molecule has 0 spiro atoms. The molecule has 0 radical (unpaired) electrons. The molecule has 2 rings (SSSR count). The van der Waals surface area contributed by atoms with E-state index in [1.807, 2.05) is 6.07 Å².